The van der Waals surface area contributed by atoms with E-state index in [4.69, 9.17) is 0 Å². The summed E-state index contributed by atoms with van der Waals surface area (Å²) in [5, 5.41) is 4.22. The number of benzene rings is 2. The van der Waals surface area contributed by atoms with Crippen LogP contribution in [0, 0.1) is 0 Å². The van der Waals surface area contributed by atoms with E-state index in [1.54, 1.807) is 16.9 Å². The van der Waals surface area contributed by atoms with E-state index in [0.29, 0.717) is 25.3 Å². The van der Waals surface area contributed by atoms with Gasteiger partial charge in [-0.25, -0.2) is 0 Å². The van der Waals surface area contributed by atoms with E-state index in [9.17, 15) is 4.79 Å². The molecular weight excluding hydrogens is 298 g/mol. The van der Waals surface area contributed by atoms with Gasteiger partial charge in [0.25, 0.3) is 5.91 Å². The number of aryl methyl sites for hydroxylation is 1. The number of carbonyl (C=O) groups is 1. The van der Waals surface area contributed by atoms with Gasteiger partial charge in [0.15, 0.2) is 0 Å². The van der Waals surface area contributed by atoms with Crippen molar-refractivity contribution < 1.29 is 4.79 Å². The smallest absolute Gasteiger partial charge is 0.272 e. The molecule has 24 heavy (non-hydrogen) atoms. The summed E-state index contributed by atoms with van der Waals surface area (Å²) in [5.41, 5.74) is 2.86. The van der Waals surface area contributed by atoms with E-state index in [0.717, 1.165) is 11.1 Å². The average molecular weight is 319 g/mol. The largest absolute Gasteiger partial charge is 0.329 e. The van der Waals surface area contributed by atoms with E-state index < -0.39 is 0 Å². The van der Waals surface area contributed by atoms with Gasteiger partial charge >= 0.3 is 0 Å². The van der Waals surface area contributed by atoms with Crippen LogP contribution in [0.25, 0.3) is 0 Å². The number of rotatable bonds is 6. The van der Waals surface area contributed by atoms with Gasteiger partial charge in [-0.1, -0.05) is 60.7 Å². The fraction of sp³-hybridized carbons (Fsp3) is 0.200. The summed E-state index contributed by atoms with van der Waals surface area (Å²) in [6.07, 6.45) is 1.68. The standard InChI is InChI=1S/C20H21N3O/c1-2-23-19(13-14-21-23)20(24)22(15-17-9-5-3-6-10-17)16-18-11-7-4-8-12-18/h3-14H,2,15-16H2,1H3. The Morgan fingerprint density at radius 3 is 1.96 bits per heavy atom. The van der Waals surface area contributed by atoms with Crippen molar-refractivity contribution in [2.24, 2.45) is 0 Å². The first-order valence-corrected chi connectivity index (χ1v) is 8.17. The molecule has 3 rings (SSSR count). The lowest BCUT2D eigenvalue weighted by Crippen LogP contribution is -2.31. The third kappa shape index (κ3) is 3.71. The van der Waals surface area contributed by atoms with E-state index in [2.05, 4.69) is 5.10 Å². The van der Waals surface area contributed by atoms with Crippen molar-refractivity contribution in [1.29, 1.82) is 0 Å². The molecule has 0 aliphatic carbocycles. The number of carbonyl (C=O) groups excluding carboxylic acids is 1. The van der Waals surface area contributed by atoms with Crippen LogP contribution in [0.4, 0.5) is 0 Å². The van der Waals surface area contributed by atoms with Crippen LogP contribution in [-0.4, -0.2) is 20.6 Å². The molecule has 0 saturated carbocycles. The van der Waals surface area contributed by atoms with Gasteiger partial charge in [0, 0.05) is 25.8 Å². The van der Waals surface area contributed by atoms with Crippen molar-refractivity contribution in [2.45, 2.75) is 26.6 Å². The normalized spacial score (nSPS) is 10.5. The van der Waals surface area contributed by atoms with Crippen LogP contribution in [-0.2, 0) is 19.6 Å². The van der Waals surface area contributed by atoms with Crippen LogP contribution in [0.5, 0.6) is 0 Å². The second-order valence-electron chi connectivity index (χ2n) is 5.66. The third-order valence-corrected chi connectivity index (χ3v) is 3.95. The van der Waals surface area contributed by atoms with Gasteiger partial charge in [-0.3, -0.25) is 9.48 Å². The third-order valence-electron chi connectivity index (χ3n) is 3.95. The molecule has 0 unspecified atom stereocenters. The molecule has 0 saturated heterocycles. The maximum absolute atomic E-state index is 13.1. The molecule has 0 N–H and O–H groups in total. The van der Waals surface area contributed by atoms with Crippen LogP contribution in [0.1, 0.15) is 28.5 Å². The molecule has 122 valence electrons. The van der Waals surface area contributed by atoms with Gasteiger partial charge in [0.1, 0.15) is 5.69 Å². The lowest BCUT2D eigenvalue weighted by atomic mass is 10.1. The molecule has 1 amide bonds. The number of amides is 1. The van der Waals surface area contributed by atoms with Crippen molar-refractivity contribution >= 4 is 5.91 Å². The Hall–Kier alpha value is -2.88. The molecule has 0 aliphatic heterocycles. The predicted molar refractivity (Wildman–Crippen MR) is 94.4 cm³/mol. The van der Waals surface area contributed by atoms with Crippen LogP contribution in [0.2, 0.25) is 0 Å². The second-order valence-corrected chi connectivity index (χ2v) is 5.66. The van der Waals surface area contributed by atoms with Gasteiger partial charge < -0.3 is 4.90 Å². The summed E-state index contributed by atoms with van der Waals surface area (Å²) in [6.45, 7) is 3.81. The lowest BCUT2D eigenvalue weighted by Gasteiger charge is -2.23. The number of hydrogen-bond acceptors (Lipinski definition) is 2. The monoisotopic (exact) mass is 319 g/mol. The minimum absolute atomic E-state index is 0.00190. The van der Waals surface area contributed by atoms with Crippen molar-refractivity contribution in [3.8, 4) is 0 Å². The fourth-order valence-electron chi connectivity index (χ4n) is 2.74. The molecule has 4 nitrogen and oxygen atoms in total. The summed E-state index contributed by atoms with van der Waals surface area (Å²) in [5.74, 6) is 0.00190. The first-order chi connectivity index (χ1) is 11.8. The van der Waals surface area contributed by atoms with Gasteiger partial charge in [-0.05, 0) is 24.1 Å². The molecular formula is C20H21N3O. The Kier molecular flexibility index (Phi) is 5.06. The zero-order valence-corrected chi connectivity index (χ0v) is 13.8. The Bertz CT molecular complexity index is 739. The van der Waals surface area contributed by atoms with E-state index >= 15 is 0 Å². The maximum Gasteiger partial charge on any atom is 0.272 e. The highest BCUT2D eigenvalue weighted by molar-refractivity contribution is 5.92. The predicted octanol–water partition coefficient (Wildman–Crippen LogP) is 3.75. The maximum atomic E-state index is 13.1. The molecule has 4 heteroatoms. The number of nitrogens with zero attached hydrogens (tertiary/aromatic N) is 3. The van der Waals surface area contributed by atoms with Crippen molar-refractivity contribution in [2.75, 3.05) is 0 Å². The highest BCUT2D eigenvalue weighted by atomic mass is 16.2. The fourth-order valence-corrected chi connectivity index (χ4v) is 2.74. The van der Waals surface area contributed by atoms with Gasteiger partial charge in [-0.15, -0.1) is 0 Å². The quantitative estimate of drug-likeness (QED) is 0.694. The molecule has 1 heterocycles. The summed E-state index contributed by atoms with van der Waals surface area (Å²) in [6, 6.07) is 21.9. The highest BCUT2D eigenvalue weighted by Crippen LogP contribution is 2.14. The summed E-state index contributed by atoms with van der Waals surface area (Å²) < 4.78 is 1.74. The summed E-state index contributed by atoms with van der Waals surface area (Å²) in [4.78, 5) is 14.9. The molecule has 3 aromatic rings. The summed E-state index contributed by atoms with van der Waals surface area (Å²) in [7, 11) is 0. The Balaban J connectivity index is 1.87. The molecule has 0 spiro atoms. The lowest BCUT2D eigenvalue weighted by molar-refractivity contribution is 0.0717. The zero-order chi connectivity index (χ0) is 16.8. The molecule has 0 bridgehead atoms. The van der Waals surface area contributed by atoms with Gasteiger partial charge in [0.05, 0.1) is 0 Å². The van der Waals surface area contributed by atoms with Crippen LogP contribution >= 0.6 is 0 Å². The molecule has 0 radical (unpaired) electrons. The molecule has 2 aromatic carbocycles. The zero-order valence-electron chi connectivity index (χ0n) is 13.8. The molecule has 0 aliphatic rings. The average Bonchev–Trinajstić information content (AvgIpc) is 3.11. The number of hydrogen-bond donors (Lipinski definition) is 0. The second kappa shape index (κ2) is 7.59. The minimum atomic E-state index is 0.00190. The Morgan fingerprint density at radius 2 is 1.46 bits per heavy atom. The highest BCUT2D eigenvalue weighted by Gasteiger charge is 2.20. The SMILES string of the molecule is CCn1nccc1C(=O)N(Cc1ccccc1)Cc1ccccc1. The van der Waals surface area contributed by atoms with Crippen LogP contribution < -0.4 is 0 Å². The van der Waals surface area contributed by atoms with Crippen LogP contribution in [0.3, 0.4) is 0 Å². The Labute approximate surface area is 142 Å². The molecule has 0 fully saturated rings. The Morgan fingerprint density at radius 1 is 0.917 bits per heavy atom. The van der Waals surface area contributed by atoms with Gasteiger partial charge in [-0.2, -0.15) is 5.10 Å². The van der Waals surface area contributed by atoms with Crippen molar-refractivity contribution in [1.82, 2.24) is 14.7 Å². The van der Waals surface area contributed by atoms with Crippen molar-refractivity contribution in [3.63, 3.8) is 0 Å². The van der Waals surface area contributed by atoms with E-state index in [-0.39, 0.29) is 5.91 Å². The molecule has 1 aromatic heterocycles. The van der Waals surface area contributed by atoms with E-state index in [1.807, 2.05) is 72.5 Å². The van der Waals surface area contributed by atoms with E-state index in [1.165, 1.54) is 0 Å². The van der Waals surface area contributed by atoms with Crippen molar-refractivity contribution in [3.05, 3.63) is 89.7 Å². The summed E-state index contributed by atoms with van der Waals surface area (Å²) >= 11 is 0. The number of aromatic nitrogens is 2. The minimum Gasteiger partial charge on any atom is -0.329 e. The first kappa shape index (κ1) is 16.0. The van der Waals surface area contributed by atoms with Crippen LogP contribution in [0.15, 0.2) is 72.9 Å². The first-order valence-electron chi connectivity index (χ1n) is 8.17. The topological polar surface area (TPSA) is 38.1 Å². The van der Waals surface area contributed by atoms with Gasteiger partial charge in [0.2, 0.25) is 0 Å². The molecule has 0 atom stereocenters.